The van der Waals surface area contributed by atoms with Gasteiger partial charge in [-0.15, -0.1) is 0 Å². The Morgan fingerprint density at radius 2 is 1.85 bits per heavy atom. The number of pyridine rings is 1. The van der Waals surface area contributed by atoms with Crippen molar-refractivity contribution in [3.05, 3.63) is 69.0 Å². The van der Waals surface area contributed by atoms with Crippen LogP contribution in [0.3, 0.4) is 0 Å². The van der Waals surface area contributed by atoms with Crippen molar-refractivity contribution in [1.29, 1.82) is 0 Å². The average Bonchev–Trinajstić information content (AvgIpc) is 3.73. The molecule has 2 aliphatic rings. The maximum Gasteiger partial charge on any atom is 0.229 e. The van der Waals surface area contributed by atoms with Gasteiger partial charge in [-0.2, -0.15) is 4.98 Å². The van der Waals surface area contributed by atoms with E-state index in [2.05, 4.69) is 15.1 Å². The maximum atomic E-state index is 12.7. The first kappa shape index (κ1) is 23.5. The van der Waals surface area contributed by atoms with Gasteiger partial charge in [0.1, 0.15) is 5.78 Å². The minimum absolute atomic E-state index is 0.000158. The number of carbonyl (C=O) groups is 1. The van der Waals surface area contributed by atoms with E-state index in [-0.39, 0.29) is 29.3 Å². The van der Waals surface area contributed by atoms with Crippen LogP contribution in [0.2, 0.25) is 10.0 Å². The van der Waals surface area contributed by atoms with E-state index in [1.165, 1.54) is 12.3 Å². The van der Waals surface area contributed by atoms with Crippen molar-refractivity contribution >= 4 is 38.8 Å². The van der Waals surface area contributed by atoms with Gasteiger partial charge in [0, 0.05) is 46.3 Å². The van der Waals surface area contributed by atoms with Crippen LogP contribution in [0.25, 0.3) is 0 Å². The number of halogens is 2. The quantitative estimate of drug-likeness (QED) is 0.396. The van der Waals surface area contributed by atoms with Gasteiger partial charge in [-0.1, -0.05) is 35.3 Å². The van der Waals surface area contributed by atoms with E-state index in [4.69, 9.17) is 27.7 Å². The number of Topliss-reactive ketones (excluding diaryl/α,β-unsaturated/α-hetero) is 1. The number of hydrogen-bond acceptors (Lipinski definition) is 7. The standard InChI is InChI=1S/C24H23Cl2N3O4S/c1-2-34(31,32)18-6-5-16(27-13-18)12-17(30)9-14-10-19(25)21(20(26)11-14)24(7-8-24)23-28-22(33-29-23)15-3-4-15/h5-6,10-11,13,15H,2-4,7-9,12H2,1H3. The molecule has 0 radical (unpaired) electrons. The summed E-state index contributed by atoms with van der Waals surface area (Å²) in [4.78, 5) is 21.6. The van der Waals surface area contributed by atoms with E-state index in [1.54, 1.807) is 25.1 Å². The van der Waals surface area contributed by atoms with Crippen LogP contribution in [0.1, 0.15) is 67.1 Å². The molecular weight excluding hydrogens is 497 g/mol. The lowest BCUT2D eigenvalue weighted by Crippen LogP contribution is -2.14. The van der Waals surface area contributed by atoms with Crippen molar-refractivity contribution in [3.63, 3.8) is 0 Å². The lowest BCUT2D eigenvalue weighted by molar-refractivity contribution is -0.117. The largest absolute Gasteiger partial charge is 0.339 e. The number of benzene rings is 1. The molecule has 2 fully saturated rings. The predicted octanol–water partition coefficient (Wildman–Crippen LogP) is 4.88. The number of carbonyl (C=O) groups excluding carboxylic acids is 1. The molecule has 0 aliphatic heterocycles. The summed E-state index contributed by atoms with van der Waals surface area (Å²) in [6.45, 7) is 1.58. The molecule has 3 aromatic rings. The van der Waals surface area contributed by atoms with Crippen molar-refractivity contribution in [2.75, 3.05) is 5.75 Å². The zero-order valence-electron chi connectivity index (χ0n) is 18.6. The van der Waals surface area contributed by atoms with Gasteiger partial charge in [-0.25, -0.2) is 8.42 Å². The highest BCUT2D eigenvalue weighted by Crippen LogP contribution is 2.57. The lowest BCUT2D eigenvalue weighted by Gasteiger charge is -2.16. The van der Waals surface area contributed by atoms with Crippen LogP contribution < -0.4 is 0 Å². The minimum atomic E-state index is -3.32. The van der Waals surface area contributed by atoms with Crippen molar-refractivity contribution in [2.45, 2.75) is 61.7 Å². The third kappa shape index (κ3) is 4.51. The van der Waals surface area contributed by atoms with Crippen LogP contribution in [0.4, 0.5) is 0 Å². The molecular formula is C24H23Cl2N3O4S. The van der Waals surface area contributed by atoms with Crippen molar-refractivity contribution in [1.82, 2.24) is 15.1 Å². The van der Waals surface area contributed by atoms with Gasteiger partial charge in [0.15, 0.2) is 15.7 Å². The number of ketones is 1. The topological polar surface area (TPSA) is 103 Å². The van der Waals surface area contributed by atoms with Gasteiger partial charge in [0.25, 0.3) is 0 Å². The molecule has 0 unspecified atom stereocenters. The van der Waals surface area contributed by atoms with E-state index < -0.39 is 15.3 Å². The average molecular weight is 520 g/mol. The highest BCUT2D eigenvalue weighted by molar-refractivity contribution is 7.91. The molecule has 178 valence electrons. The van der Waals surface area contributed by atoms with Crippen molar-refractivity contribution in [2.24, 2.45) is 0 Å². The minimum Gasteiger partial charge on any atom is -0.339 e. The molecule has 0 N–H and O–H groups in total. The van der Waals surface area contributed by atoms with E-state index in [0.29, 0.717) is 38.9 Å². The molecule has 7 nitrogen and oxygen atoms in total. The van der Waals surface area contributed by atoms with Crippen LogP contribution in [0.15, 0.2) is 39.9 Å². The Balaban J connectivity index is 1.30. The Bertz CT molecular complexity index is 1340. The summed E-state index contributed by atoms with van der Waals surface area (Å²) in [5.41, 5.74) is 1.56. The highest BCUT2D eigenvalue weighted by atomic mass is 35.5. The summed E-state index contributed by atoms with van der Waals surface area (Å²) in [6.07, 6.45) is 5.35. The molecule has 0 bridgehead atoms. The van der Waals surface area contributed by atoms with Gasteiger partial charge in [-0.3, -0.25) is 9.78 Å². The first-order chi connectivity index (χ1) is 16.2. The molecule has 1 aromatic carbocycles. The smallest absolute Gasteiger partial charge is 0.229 e. The Morgan fingerprint density at radius 3 is 2.41 bits per heavy atom. The normalized spacial score (nSPS) is 17.0. The van der Waals surface area contributed by atoms with Crippen LogP contribution in [-0.2, 0) is 32.9 Å². The molecule has 34 heavy (non-hydrogen) atoms. The first-order valence-electron chi connectivity index (χ1n) is 11.2. The number of aromatic nitrogens is 3. The molecule has 0 amide bonds. The number of rotatable bonds is 9. The van der Waals surface area contributed by atoms with E-state index in [0.717, 1.165) is 31.2 Å². The fourth-order valence-electron chi connectivity index (χ4n) is 4.18. The molecule has 2 heterocycles. The second-order valence-corrected chi connectivity index (χ2v) is 12.1. The summed E-state index contributed by atoms with van der Waals surface area (Å²) < 4.78 is 29.3. The molecule has 2 aliphatic carbocycles. The van der Waals surface area contributed by atoms with Crippen LogP contribution in [0.5, 0.6) is 0 Å². The Hall–Kier alpha value is -2.29. The second kappa shape index (κ2) is 8.73. The maximum absolute atomic E-state index is 12.7. The predicted molar refractivity (Wildman–Crippen MR) is 127 cm³/mol. The van der Waals surface area contributed by atoms with Gasteiger partial charge >= 0.3 is 0 Å². The van der Waals surface area contributed by atoms with Crippen LogP contribution in [-0.4, -0.2) is 35.1 Å². The zero-order chi connectivity index (χ0) is 24.1. The van der Waals surface area contributed by atoms with Crippen LogP contribution >= 0.6 is 23.2 Å². The van der Waals surface area contributed by atoms with E-state index >= 15 is 0 Å². The highest BCUT2D eigenvalue weighted by Gasteiger charge is 2.52. The van der Waals surface area contributed by atoms with Crippen molar-refractivity contribution < 1.29 is 17.7 Å². The first-order valence-corrected chi connectivity index (χ1v) is 13.6. The SMILES string of the molecule is CCS(=O)(=O)c1ccc(CC(=O)Cc2cc(Cl)c(C3(c4noc(C5CC5)n4)CC3)c(Cl)c2)nc1. The Labute approximate surface area is 207 Å². The number of nitrogens with zero attached hydrogens (tertiary/aromatic N) is 3. The third-order valence-electron chi connectivity index (χ3n) is 6.44. The summed E-state index contributed by atoms with van der Waals surface area (Å²) in [5, 5.41) is 5.18. The Kier molecular flexibility index (Phi) is 6.02. The lowest BCUT2D eigenvalue weighted by atomic mass is 9.93. The molecule has 10 heteroatoms. The third-order valence-corrected chi connectivity index (χ3v) is 8.76. The van der Waals surface area contributed by atoms with E-state index in [9.17, 15) is 13.2 Å². The monoisotopic (exact) mass is 519 g/mol. The number of hydrogen-bond donors (Lipinski definition) is 0. The van der Waals surface area contributed by atoms with Gasteiger partial charge < -0.3 is 4.52 Å². The second-order valence-electron chi connectivity index (χ2n) is 9.03. The van der Waals surface area contributed by atoms with E-state index in [1.807, 2.05) is 0 Å². The summed E-state index contributed by atoms with van der Waals surface area (Å²) in [6, 6.07) is 6.60. The van der Waals surface area contributed by atoms with Crippen molar-refractivity contribution in [3.8, 4) is 0 Å². The molecule has 2 aromatic heterocycles. The van der Waals surface area contributed by atoms with Gasteiger partial charge in [-0.05, 0) is 55.5 Å². The molecule has 2 saturated carbocycles. The molecule has 0 saturated heterocycles. The zero-order valence-corrected chi connectivity index (χ0v) is 20.9. The molecule has 0 spiro atoms. The summed E-state index contributed by atoms with van der Waals surface area (Å²) in [5.74, 6) is 1.61. The van der Waals surface area contributed by atoms with Crippen LogP contribution in [0, 0.1) is 0 Å². The van der Waals surface area contributed by atoms with Gasteiger partial charge in [0.05, 0.1) is 16.1 Å². The summed E-state index contributed by atoms with van der Waals surface area (Å²) in [7, 11) is -3.32. The fourth-order valence-corrected chi connectivity index (χ4v) is 5.90. The fraction of sp³-hybridized carbons (Fsp3) is 0.417. The number of sulfone groups is 1. The molecule has 5 rings (SSSR count). The molecule has 0 atom stereocenters. The summed E-state index contributed by atoms with van der Waals surface area (Å²) >= 11 is 13.3. The van der Waals surface area contributed by atoms with Gasteiger partial charge in [0.2, 0.25) is 5.89 Å². The Morgan fingerprint density at radius 1 is 1.15 bits per heavy atom.